The lowest BCUT2D eigenvalue weighted by molar-refractivity contribution is 0.256. The molecule has 0 saturated heterocycles. The summed E-state index contributed by atoms with van der Waals surface area (Å²) in [6, 6.07) is 14.9. The van der Waals surface area contributed by atoms with Crippen LogP contribution in [0, 0.1) is 0 Å². The van der Waals surface area contributed by atoms with Crippen LogP contribution in [0.3, 0.4) is 0 Å². The van der Waals surface area contributed by atoms with Crippen molar-refractivity contribution >= 4 is 29.6 Å². The average molecular weight is 238 g/mol. The topological polar surface area (TPSA) is 46.3 Å². The van der Waals surface area contributed by atoms with Gasteiger partial charge >= 0.3 is 6.03 Å². The van der Waals surface area contributed by atoms with Crippen molar-refractivity contribution in [2.75, 3.05) is 4.90 Å². The number of urea groups is 1. The van der Waals surface area contributed by atoms with E-state index in [1.165, 1.54) is 0 Å². The Labute approximate surface area is 105 Å². The van der Waals surface area contributed by atoms with Gasteiger partial charge in [0, 0.05) is 0 Å². The van der Waals surface area contributed by atoms with Gasteiger partial charge in [-0.25, -0.2) is 4.79 Å². The molecular weight excluding hydrogens is 226 g/mol. The summed E-state index contributed by atoms with van der Waals surface area (Å²) in [6.07, 6.45) is 3.99. The van der Waals surface area contributed by atoms with E-state index in [-0.39, 0.29) is 0 Å². The summed E-state index contributed by atoms with van der Waals surface area (Å²) < 4.78 is 0. The standard InChI is InChI=1S/C15H12N2O/c16-15(18)17-13-7-3-1-5-11(13)9-10-12-6-2-4-8-14(12)17/h1-10H,(H2,16,18)/i15+1,16+1. The molecule has 0 bridgehead atoms. The first-order chi connectivity index (χ1) is 8.77. The number of hydrogen-bond acceptors (Lipinski definition) is 1. The van der Waals surface area contributed by atoms with Gasteiger partial charge in [0.05, 0.1) is 11.4 Å². The first-order valence-electron chi connectivity index (χ1n) is 5.73. The van der Waals surface area contributed by atoms with Crippen molar-refractivity contribution < 1.29 is 4.79 Å². The minimum absolute atomic E-state index is 0.474. The van der Waals surface area contributed by atoms with E-state index >= 15 is 0 Å². The van der Waals surface area contributed by atoms with Crippen LogP contribution in [-0.4, -0.2) is 6.03 Å². The fourth-order valence-electron chi connectivity index (χ4n) is 2.21. The maximum Gasteiger partial charge on any atom is 0.323 e. The van der Waals surface area contributed by atoms with Crippen molar-refractivity contribution in [2.45, 2.75) is 0 Å². The van der Waals surface area contributed by atoms with E-state index in [4.69, 9.17) is 5.73 Å². The molecule has 0 saturated carbocycles. The van der Waals surface area contributed by atoms with Gasteiger partial charge in [-0.1, -0.05) is 48.6 Å². The molecule has 0 unspecified atom stereocenters. The van der Waals surface area contributed by atoms with Gasteiger partial charge in [0.1, 0.15) is 0 Å². The monoisotopic (exact) mass is 238 g/mol. The Morgan fingerprint density at radius 1 is 0.833 bits per heavy atom. The van der Waals surface area contributed by atoms with Crippen molar-refractivity contribution in [1.82, 2.24) is 0 Å². The van der Waals surface area contributed by atoms with E-state index in [1.807, 2.05) is 60.7 Å². The van der Waals surface area contributed by atoms with E-state index in [1.54, 1.807) is 4.90 Å². The highest BCUT2D eigenvalue weighted by atomic mass is 16.3. The number of benzene rings is 2. The molecule has 3 heteroatoms. The van der Waals surface area contributed by atoms with Crippen molar-refractivity contribution in [3.8, 4) is 0 Å². The van der Waals surface area contributed by atoms with Crippen LogP contribution in [0.5, 0.6) is 0 Å². The highest BCUT2D eigenvalue weighted by molar-refractivity contribution is 6.04. The van der Waals surface area contributed by atoms with Gasteiger partial charge < -0.3 is 5.73 Å². The molecule has 2 amide bonds. The van der Waals surface area contributed by atoms with Gasteiger partial charge in [0.25, 0.3) is 0 Å². The molecule has 3 rings (SSSR count). The second-order valence-electron chi connectivity index (χ2n) is 4.12. The largest absolute Gasteiger partial charge is 0.351 e. The highest BCUT2D eigenvalue weighted by Crippen LogP contribution is 2.35. The molecule has 0 aliphatic carbocycles. The van der Waals surface area contributed by atoms with Crippen LogP contribution in [0.15, 0.2) is 48.5 Å². The molecule has 1 aliphatic heterocycles. The number of anilines is 2. The van der Waals surface area contributed by atoms with E-state index < -0.39 is 6.03 Å². The lowest BCUT2D eigenvalue weighted by Gasteiger charge is -2.22. The van der Waals surface area contributed by atoms with Gasteiger partial charge in [0.15, 0.2) is 0 Å². The number of nitrogens with two attached hydrogens (primary N) is 1. The van der Waals surface area contributed by atoms with Crippen molar-refractivity contribution in [2.24, 2.45) is 5.73 Å². The zero-order valence-electron chi connectivity index (χ0n) is 9.71. The van der Waals surface area contributed by atoms with Crippen molar-refractivity contribution in [3.05, 3.63) is 59.7 Å². The quantitative estimate of drug-likeness (QED) is 0.555. The predicted octanol–water partition coefficient (Wildman–Crippen LogP) is 3.39. The molecular formula is C15H12N2O. The van der Waals surface area contributed by atoms with Crippen molar-refractivity contribution in [3.63, 3.8) is 0 Å². The van der Waals surface area contributed by atoms with Gasteiger partial charge in [-0.05, 0) is 23.3 Å². The molecule has 3 nitrogen and oxygen atoms in total. The zero-order chi connectivity index (χ0) is 12.5. The molecule has 1 aliphatic rings. The number of primary amides is 1. The SMILES string of the molecule is [15NH2][13C](=O)N1c2ccccc2C=Cc2ccccc21. The summed E-state index contributed by atoms with van der Waals surface area (Å²) in [6.45, 7) is 0. The first-order valence-corrected chi connectivity index (χ1v) is 5.73. The number of nitrogens with zero attached hydrogens (tertiary/aromatic N) is 1. The third-order valence-electron chi connectivity index (χ3n) is 3.02. The molecule has 1 heterocycles. The van der Waals surface area contributed by atoms with Gasteiger partial charge in [-0.15, -0.1) is 0 Å². The molecule has 0 fully saturated rings. The maximum absolute atomic E-state index is 11.8. The second-order valence-corrected chi connectivity index (χ2v) is 4.12. The summed E-state index contributed by atoms with van der Waals surface area (Å²) in [7, 11) is 0. The van der Waals surface area contributed by atoms with Crippen LogP contribution in [0.25, 0.3) is 12.2 Å². The van der Waals surface area contributed by atoms with Crippen LogP contribution in [0.1, 0.15) is 11.1 Å². The summed E-state index contributed by atoms with van der Waals surface area (Å²) in [5.74, 6) is 0. The molecule has 2 aromatic carbocycles. The van der Waals surface area contributed by atoms with Gasteiger partial charge in [0.2, 0.25) is 0 Å². The third-order valence-corrected chi connectivity index (χ3v) is 3.02. The van der Waals surface area contributed by atoms with Crippen LogP contribution in [0.4, 0.5) is 16.2 Å². The number of carbonyl (C=O) groups is 1. The summed E-state index contributed by atoms with van der Waals surface area (Å²) in [5.41, 5.74) is 9.11. The first kappa shape index (κ1) is 10.6. The third kappa shape index (κ3) is 1.57. The van der Waals surface area contributed by atoms with Crippen LogP contribution < -0.4 is 10.6 Å². The highest BCUT2D eigenvalue weighted by Gasteiger charge is 2.21. The lowest BCUT2D eigenvalue weighted by atomic mass is 10.1. The van der Waals surface area contributed by atoms with E-state index in [9.17, 15) is 4.79 Å². The van der Waals surface area contributed by atoms with E-state index in [0.29, 0.717) is 0 Å². The average Bonchev–Trinajstić information content (AvgIpc) is 2.55. The normalized spacial score (nSPS) is 12.6. The Hall–Kier alpha value is -2.55. The van der Waals surface area contributed by atoms with Crippen LogP contribution >= 0.6 is 0 Å². The zero-order valence-corrected chi connectivity index (χ0v) is 9.71. The van der Waals surface area contributed by atoms with E-state index in [2.05, 4.69) is 0 Å². The number of carbonyl (C=O) groups excluding carboxylic acids is 1. The fourth-order valence-corrected chi connectivity index (χ4v) is 2.21. The fraction of sp³-hybridized carbons (Fsp3) is 0. The number of fused-ring (bicyclic) bond motifs is 2. The minimum atomic E-state index is -0.474. The molecule has 0 radical (unpaired) electrons. The van der Waals surface area contributed by atoms with E-state index in [0.717, 1.165) is 22.5 Å². The minimum Gasteiger partial charge on any atom is -0.351 e. The van der Waals surface area contributed by atoms with Gasteiger partial charge in [-0.2, -0.15) is 0 Å². The molecule has 2 aromatic rings. The smallest absolute Gasteiger partial charge is 0.323 e. The lowest BCUT2D eigenvalue weighted by Crippen LogP contribution is -2.32. The maximum atomic E-state index is 11.8. The Kier molecular flexibility index (Phi) is 2.38. The van der Waals surface area contributed by atoms with Crippen LogP contribution in [0.2, 0.25) is 0 Å². The molecule has 0 atom stereocenters. The number of rotatable bonds is 0. The van der Waals surface area contributed by atoms with Gasteiger partial charge in [-0.3, -0.25) is 4.90 Å². The summed E-state index contributed by atoms with van der Waals surface area (Å²) >= 11 is 0. The molecule has 0 aromatic heterocycles. The molecule has 88 valence electrons. The summed E-state index contributed by atoms with van der Waals surface area (Å²) in [5, 5.41) is 0. The number of hydrogen-bond donors (Lipinski definition) is 1. The molecule has 2 N–H and O–H groups in total. The Balaban J connectivity index is 2.31. The molecule has 0 spiro atoms. The Morgan fingerprint density at radius 2 is 1.28 bits per heavy atom. The Bertz CT molecular complexity index is 597. The van der Waals surface area contributed by atoms with Crippen LogP contribution in [-0.2, 0) is 0 Å². The predicted molar refractivity (Wildman–Crippen MR) is 73.5 cm³/mol. The summed E-state index contributed by atoms with van der Waals surface area (Å²) in [4.78, 5) is 13.3. The van der Waals surface area contributed by atoms with Crippen molar-refractivity contribution in [1.29, 1.82) is 0 Å². The number of amides is 2. The Morgan fingerprint density at radius 3 is 1.72 bits per heavy atom. The molecule has 18 heavy (non-hydrogen) atoms. The second kappa shape index (κ2) is 4.04. The number of para-hydroxylation sites is 2.